The molecular formula is C26H23ClF3N5. The van der Waals surface area contributed by atoms with Crippen molar-refractivity contribution < 1.29 is 13.2 Å². The van der Waals surface area contributed by atoms with E-state index in [9.17, 15) is 18.4 Å². The molecule has 0 radical (unpaired) electrons. The van der Waals surface area contributed by atoms with E-state index >= 15 is 0 Å². The van der Waals surface area contributed by atoms with Crippen molar-refractivity contribution in [1.82, 2.24) is 15.2 Å². The van der Waals surface area contributed by atoms with Crippen molar-refractivity contribution in [2.75, 3.05) is 18.0 Å². The van der Waals surface area contributed by atoms with Gasteiger partial charge < -0.3 is 4.90 Å². The molecule has 2 aromatic carbocycles. The van der Waals surface area contributed by atoms with Crippen LogP contribution in [0.3, 0.4) is 0 Å². The molecule has 3 heterocycles. The van der Waals surface area contributed by atoms with Gasteiger partial charge in [0.05, 0.1) is 16.6 Å². The summed E-state index contributed by atoms with van der Waals surface area (Å²) in [5.74, 6) is -3.33. The van der Waals surface area contributed by atoms with Gasteiger partial charge in [-0.05, 0) is 56.0 Å². The number of piperidine rings is 1. The predicted molar refractivity (Wildman–Crippen MR) is 131 cm³/mol. The lowest BCUT2D eigenvalue weighted by molar-refractivity contribution is 0.482. The Morgan fingerprint density at radius 1 is 1.00 bits per heavy atom. The average molecular weight is 498 g/mol. The van der Waals surface area contributed by atoms with Gasteiger partial charge in [-0.2, -0.15) is 10.4 Å². The molecule has 1 aliphatic rings. The quantitative estimate of drug-likeness (QED) is 0.339. The van der Waals surface area contributed by atoms with Gasteiger partial charge in [0.15, 0.2) is 17.3 Å². The van der Waals surface area contributed by atoms with Gasteiger partial charge in [-0.3, -0.25) is 5.10 Å². The fraction of sp³-hybridized carbons (Fsp3) is 0.269. The summed E-state index contributed by atoms with van der Waals surface area (Å²) in [4.78, 5) is 6.76. The van der Waals surface area contributed by atoms with E-state index in [1.807, 2.05) is 31.2 Å². The summed E-state index contributed by atoms with van der Waals surface area (Å²) in [6, 6.07) is 11.7. The van der Waals surface area contributed by atoms with Crippen molar-refractivity contribution in [3.63, 3.8) is 0 Å². The molecule has 1 N–H and O–H groups in total. The third kappa shape index (κ3) is 4.44. The predicted octanol–water partition coefficient (Wildman–Crippen LogP) is 6.23. The molecule has 0 aliphatic carbocycles. The molecule has 9 heteroatoms. The molecule has 0 amide bonds. The highest BCUT2D eigenvalue weighted by molar-refractivity contribution is 5.98. The van der Waals surface area contributed by atoms with E-state index in [0.29, 0.717) is 16.6 Å². The number of aromatic amines is 1. The van der Waals surface area contributed by atoms with Crippen molar-refractivity contribution in [2.24, 2.45) is 0 Å². The van der Waals surface area contributed by atoms with Crippen molar-refractivity contribution in [3.8, 4) is 17.2 Å². The van der Waals surface area contributed by atoms with Crippen LogP contribution in [0.4, 0.5) is 18.9 Å². The van der Waals surface area contributed by atoms with E-state index in [1.165, 1.54) is 6.42 Å². The van der Waals surface area contributed by atoms with Crippen LogP contribution in [0.5, 0.6) is 0 Å². The maximum Gasteiger partial charge on any atom is 0.182 e. The van der Waals surface area contributed by atoms with Crippen LogP contribution in [-0.2, 0) is 6.42 Å². The summed E-state index contributed by atoms with van der Waals surface area (Å²) in [6.07, 6.45) is 3.19. The van der Waals surface area contributed by atoms with E-state index in [2.05, 4.69) is 26.2 Å². The second-order valence-electron chi connectivity index (χ2n) is 8.56. The Morgan fingerprint density at radius 2 is 1.69 bits per heavy atom. The number of H-pyrrole nitrogens is 1. The first kappa shape index (κ1) is 24.6. The largest absolute Gasteiger partial charge is 0.372 e. The lowest BCUT2D eigenvalue weighted by Crippen LogP contribution is -2.29. The minimum absolute atomic E-state index is 0. The molecule has 0 saturated carbocycles. The molecule has 0 bridgehead atoms. The molecule has 1 fully saturated rings. The Labute approximate surface area is 207 Å². The van der Waals surface area contributed by atoms with Crippen LogP contribution < -0.4 is 4.90 Å². The number of hydrogen-bond acceptors (Lipinski definition) is 4. The third-order valence-corrected chi connectivity index (χ3v) is 6.43. The number of pyridine rings is 1. The Balaban J connectivity index is 0.00000289. The highest BCUT2D eigenvalue weighted by atomic mass is 35.5. The van der Waals surface area contributed by atoms with Gasteiger partial charge >= 0.3 is 0 Å². The number of hydrogen-bond donors (Lipinski definition) is 1. The number of benzene rings is 2. The van der Waals surface area contributed by atoms with Gasteiger partial charge in [-0.15, -0.1) is 12.4 Å². The lowest BCUT2D eigenvalue weighted by atomic mass is 9.93. The van der Waals surface area contributed by atoms with Crippen LogP contribution in [0.15, 0.2) is 36.4 Å². The SMILES string of the molecule is Cc1[nH]nc2nc(Cc3c(F)ccc(F)c3F)c(C#N)c(-c3ccc(N4CCCCC4)cc3)c12.Cl. The number of rotatable bonds is 4. The van der Waals surface area contributed by atoms with Crippen LogP contribution in [0.25, 0.3) is 22.2 Å². The summed E-state index contributed by atoms with van der Waals surface area (Å²) in [5.41, 5.74) is 3.39. The number of nitriles is 1. The number of aromatic nitrogens is 3. The van der Waals surface area contributed by atoms with Crippen molar-refractivity contribution in [1.29, 1.82) is 5.26 Å². The Bertz CT molecular complexity index is 1420. The van der Waals surface area contributed by atoms with E-state index < -0.39 is 23.0 Å². The highest BCUT2D eigenvalue weighted by Crippen LogP contribution is 2.36. The smallest absolute Gasteiger partial charge is 0.182 e. The number of anilines is 1. The fourth-order valence-electron chi connectivity index (χ4n) is 4.68. The summed E-state index contributed by atoms with van der Waals surface area (Å²) in [6.45, 7) is 3.85. The standard InChI is InChI=1S/C26H22F3N5.ClH/c1-15-23-24(16-5-7-17(8-6-16)34-11-3-2-4-12-34)19(14-30)22(31-26(23)33-32-15)13-18-20(27)9-10-21(28)25(18)29;/h5-10H,2-4,11-13H2,1H3,(H,31,32,33);1H. The van der Waals surface area contributed by atoms with E-state index in [0.717, 1.165) is 55.0 Å². The Kier molecular flexibility index (Phi) is 6.99. The zero-order chi connectivity index (χ0) is 23.8. The van der Waals surface area contributed by atoms with Crippen LogP contribution in [0.2, 0.25) is 0 Å². The van der Waals surface area contributed by atoms with Crippen LogP contribution in [-0.4, -0.2) is 28.3 Å². The van der Waals surface area contributed by atoms with E-state index in [1.54, 1.807) is 0 Å². The van der Waals surface area contributed by atoms with Gasteiger partial charge in [-0.25, -0.2) is 18.2 Å². The van der Waals surface area contributed by atoms with Gasteiger partial charge in [0.1, 0.15) is 11.9 Å². The maximum atomic E-state index is 14.4. The fourth-order valence-corrected chi connectivity index (χ4v) is 4.68. The average Bonchev–Trinajstić information content (AvgIpc) is 3.24. The van der Waals surface area contributed by atoms with E-state index in [4.69, 9.17) is 0 Å². The van der Waals surface area contributed by atoms with Crippen LogP contribution in [0, 0.1) is 35.7 Å². The molecule has 0 spiro atoms. The zero-order valence-corrected chi connectivity index (χ0v) is 19.9. The molecule has 2 aromatic heterocycles. The first-order valence-electron chi connectivity index (χ1n) is 11.2. The van der Waals surface area contributed by atoms with Crippen molar-refractivity contribution in [2.45, 2.75) is 32.6 Å². The molecule has 0 atom stereocenters. The van der Waals surface area contributed by atoms with Gasteiger partial charge in [-0.1, -0.05) is 12.1 Å². The minimum atomic E-state index is -1.28. The number of nitrogens with one attached hydrogen (secondary N) is 1. The second kappa shape index (κ2) is 9.96. The highest BCUT2D eigenvalue weighted by Gasteiger charge is 2.23. The molecule has 1 saturated heterocycles. The van der Waals surface area contributed by atoms with Crippen LogP contribution >= 0.6 is 12.4 Å². The van der Waals surface area contributed by atoms with Gasteiger partial charge in [0.25, 0.3) is 0 Å². The number of aryl methyl sites for hydroxylation is 1. The molecule has 4 aromatic rings. The minimum Gasteiger partial charge on any atom is -0.372 e. The van der Waals surface area contributed by atoms with Crippen molar-refractivity contribution >= 4 is 29.1 Å². The first-order chi connectivity index (χ1) is 16.5. The third-order valence-electron chi connectivity index (χ3n) is 6.43. The molecule has 5 nitrogen and oxygen atoms in total. The molecular weight excluding hydrogens is 475 g/mol. The normalized spacial score (nSPS) is 13.5. The Hall–Kier alpha value is -3.57. The summed E-state index contributed by atoms with van der Waals surface area (Å²) < 4.78 is 42.6. The number of nitrogens with zero attached hydrogens (tertiary/aromatic N) is 4. The molecule has 35 heavy (non-hydrogen) atoms. The van der Waals surface area contributed by atoms with Gasteiger partial charge in [0.2, 0.25) is 0 Å². The van der Waals surface area contributed by atoms with Crippen molar-refractivity contribution in [3.05, 3.63) is 76.4 Å². The second-order valence-corrected chi connectivity index (χ2v) is 8.56. The summed E-state index contributed by atoms with van der Waals surface area (Å²) in [7, 11) is 0. The molecule has 1 aliphatic heterocycles. The van der Waals surface area contributed by atoms with Gasteiger partial charge in [0, 0.05) is 42.0 Å². The Morgan fingerprint density at radius 3 is 2.37 bits per heavy atom. The van der Waals surface area contributed by atoms with Crippen LogP contribution in [0.1, 0.15) is 41.8 Å². The maximum absolute atomic E-state index is 14.4. The summed E-state index contributed by atoms with van der Waals surface area (Å²) in [5, 5.41) is 17.9. The zero-order valence-electron chi connectivity index (χ0n) is 19.0. The molecule has 0 unspecified atom stereocenters. The first-order valence-corrected chi connectivity index (χ1v) is 11.2. The number of fused-ring (bicyclic) bond motifs is 1. The number of halogens is 4. The molecule has 5 rings (SSSR count). The van der Waals surface area contributed by atoms with E-state index in [-0.39, 0.29) is 30.1 Å². The summed E-state index contributed by atoms with van der Waals surface area (Å²) >= 11 is 0. The lowest BCUT2D eigenvalue weighted by Gasteiger charge is -2.29. The molecule has 180 valence electrons. The monoisotopic (exact) mass is 497 g/mol. The topological polar surface area (TPSA) is 68.6 Å².